The first-order valence-electron chi connectivity index (χ1n) is 14.3. The molecule has 1 aliphatic heterocycles. The molecule has 1 unspecified atom stereocenters. The molecule has 1 aromatic heterocycles. The largest absolute Gasteiger partial charge is 0.359 e. The maximum atomic E-state index is 3.95. The van der Waals surface area contributed by atoms with Crippen molar-refractivity contribution >= 4 is 48.6 Å². The van der Waals surface area contributed by atoms with Crippen molar-refractivity contribution in [1.29, 1.82) is 0 Å². The van der Waals surface area contributed by atoms with Crippen molar-refractivity contribution in [3.8, 4) is 11.1 Å². The first-order valence-corrected chi connectivity index (χ1v) is 15.1. The molecule has 0 amide bonds. The normalized spacial score (nSPS) is 14.8. The summed E-state index contributed by atoms with van der Waals surface area (Å²) in [5.74, 6) is 0.731. The van der Waals surface area contributed by atoms with Crippen molar-refractivity contribution in [2.75, 3.05) is 10.2 Å². The van der Waals surface area contributed by atoms with Gasteiger partial charge in [0.15, 0.2) is 0 Å². The minimum Gasteiger partial charge on any atom is -0.359 e. The topological polar surface area (TPSA) is 15.3 Å². The van der Waals surface area contributed by atoms with Crippen LogP contribution in [0.1, 0.15) is 62.4 Å². The highest BCUT2D eigenvalue weighted by molar-refractivity contribution is 7.26. The summed E-state index contributed by atoms with van der Waals surface area (Å²) >= 11 is 1.91. The molecular weight excluding hydrogens is 504 g/mol. The maximum Gasteiger partial charge on any atom is 0.132 e. The summed E-state index contributed by atoms with van der Waals surface area (Å²) in [7, 11) is 0. The van der Waals surface area contributed by atoms with E-state index in [0.29, 0.717) is 11.8 Å². The van der Waals surface area contributed by atoms with Gasteiger partial charge in [-0.05, 0) is 64.4 Å². The van der Waals surface area contributed by atoms with Crippen molar-refractivity contribution in [3.63, 3.8) is 0 Å². The van der Waals surface area contributed by atoms with Crippen LogP contribution in [0.4, 0.5) is 17.1 Å². The van der Waals surface area contributed by atoms with Gasteiger partial charge < -0.3 is 10.2 Å². The second-order valence-corrected chi connectivity index (χ2v) is 12.5. The van der Waals surface area contributed by atoms with E-state index in [9.17, 15) is 0 Å². The Labute approximate surface area is 240 Å². The van der Waals surface area contributed by atoms with Crippen LogP contribution in [0.5, 0.6) is 0 Å². The lowest BCUT2D eigenvalue weighted by molar-refractivity contribution is 0.780. The molecular formula is C37H34N2S. The third-order valence-corrected chi connectivity index (χ3v) is 9.44. The fraction of sp³-hybridized carbons (Fsp3) is 0.189. The molecule has 0 fully saturated rings. The molecule has 5 aromatic carbocycles. The number of nitrogens with zero attached hydrogens (tertiary/aromatic N) is 1. The number of nitrogens with one attached hydrogen (secondary N) is 1. The van der Waals surface area contributed by atoms with Crippen LogP contribution in [-0.2, 0) is 0 Å². The lowest BCUT2D eigenvalue weighted by atomic mass is 9.87. The Morgan fingerprint density at radius 3 is 2.05 bits per heavy atom. The second kappa shape index (κ2) is 9.83. The molecule has 6 aromatic rings. The zero-order chi connectivity index (χ0) is 27.4. The number of thiophene rings is 1. The molecule has 0 saturated carbocycles. The summed E-state index contributed by atoms with van der Waals surface area (Å²) < 4.78 is 2.70. The Hall–Kier alpha value is -4.08. The van der Waals surface area contributed by atoms with Crippen LogP contribution in [0, 0.1) is 0 Å². The Balaban J connectivity index is 1.50. The average molecular weight is 539 g/mol. The molecule has 1 N–H and O–H groups in total. The van der Waals surface area contributed by atoms with Crippen molar-refractivity contribution in [1.82, 2.24) is 0 Å². The molecule has 3 heteroatoms. The number of anilines is 3. The lowest BCUT2D eigenvalue weighted by Gasteiger charge is -2.34. The molecule has 0 bridgehead atoms. The van der Waals surface area contributed by atoms with Crippen LogP contribution in [0.2, 0.25) is 0 Å². The monoisotopic (exact) mass is 538 g/mol. The van der Waals surface area contributed by atoms with E-state index in [1.807, 2.05) is 11.3 Å². The molecule has 2 heterocycles. The predicted molar refractivity (Wildman–Crippen MR) is 174 cm³/mol. The third kappa shape index (κ3) is 4.00. The van der Waals surface area contributed by atoms with Gasteiger partial charge in [0.25, 0.3) is 0 Å². The van der Waals surface area contributed by atoms with Crippen molar-refractivity contribution in [2.45, 2.75) is 45.7 Å². The molecule has 0 spiro atoms. The van der Waals surface area contributed by atoms with Crippen LogP contribution >= 0.6 is 11.3 Å². The number of hydrogen-bond acceptors (Lipinski definition) is 3. The molecule has 2 nitrogen and oxygen atoms in total. The van der Waals surface area contributed by atoms with Crippen molar-refractivity contribution < 1.29 is 0 Å². The Kier molecular flexibility index (Phi) is 6.13. The van der Waals surface area contributed by atoms with E-state index < -0.39 is 0 Å². The smallest absolute Gasteiger partial charge is 0.132 e. The number of benzene rings is 5. The van der Waals surface area contributed by atoms with Gasteiger partial charge in [-0.1, -0.05) is 107 Å². The summed E-state index contributed by atoms with van der Waals surface area (Å²) in [6.45, 7) is 9.31. The van der Waals surface area contributed by atoms with E-state index in [1.165, 1.54) is 65.1 Å². The lowest BCUT2D eigenvalue weighted by Crippen LogP contribution is -2.26. The molecule has 7 rings (SSSR count). The average Bonchev–Trinajstić information content (AvgIpc) is 3.55. The standard InChI is InChI=1S/C37H34N2S/c1-23(2)30-21-26(25-13-6-5-7-14-25)22-31(24(3)4)35(30)39-33-19-10-9-18-32(33)38-37(39)29-17-12-16-28-27-15-8-11-20-34(27)40-36(28)29/h5-24,37-38H,1-4H3. The van der Waals surface area contributed by atoms with Gasteiger partial charge in [0, 0.05) is 25.7 Å². The van der Waals surface area contributed by atoms with E-state index in [-0.39, 0.29) is 6.17 Å². The van der Waals surface area contributed by atoms with Crippen LogP contribution < -0.4 is 10.2 Å². The summed E-state index contributed by atoms with van der Waals surface area (Å²) in [6, 6.07) is 40.1. The molecule has 40 heavy (non-hydrogen) atoms. The van der Waals surface area contributed by atoms with E-state index in [0.717, 1.165) is 0 Å². The zero-order valence-electron chi connectivity index (χ0n) is 23.5. The van der Waals surface area contributed by atoms with Crippen LogP contribution in [0.25, 0.3) is 31.3 Å². The minimum absolute atomic E-state index is 0.00765. The third-order valence-electron chi connectivity index (χ3n) is 8.20. The number of fused-ring (bicyclic) bond motifs is 4. The highest BCUT2D eigenvalue weighted by Gasteiger charge is 2.36. The Morgan fingerprint density at radius 2 is 1.30 bits per heavy atom. The Morgan fingerprint density at radius 1 is 0.650 bits per heavy atom. The summed E-state index contributed by atoms with van der Waals surface area (Å²) in [6.07, 6.45) is -0.00765. The molecule has 1 aliphatic rings. The van der Waals surface area contributed by atoms with E-state index in [1.54, 1.807) is 0 Å². The summed E-state index contributed by atoms with van der Waals surface area (Å²) in [4.78, 5) is 2.59. The highest BCUT2D eigenvalue weighted by Crippen LogP contribution is 2.52. The van der Waals surface area contributed by atoms with Crippen LogP contribution in [0.3, 0.4) is 0 Å². The molecule has 0 saturated heterocycles. The van der Waals surface area contributed by atoms with Gasteiger partial charge in [-0.15, -0.1) is 11.3 Å². The zero-order valence-corrected chi connectivity index (χ0v) is 24.3. The van der Waals surface area contributed by atoms with Crippen molar-refractivity contribution in [2.24, 2.45) is 0 Å². The highest BCUT2D eigenvalue weighted by atomic mass is 32.1. The SMILES string of the molecule is CC(C)c1cc(-c2ccccc2)cc(C(C)C)c1N1c2ccccc2NC1c1cccc2c1sc1ccccc12. The van der Waals surface area contributed by atoms with E-state index in [4.69, 9.17) is 0 Å². The van der Waals surface area contributed by atoms with Gasteiger partial charge in [-0.2, -0.15) is 0 Å². The van der Waals surface area contributed by atoms with Gasteiger partial charge in [-0.3, -0.25) is 0 Å². The number of para-hydroxylation sites is 2. The van der Waals surface area contributed by atoms with Gasteiger partial charge in [0.2, 0.25) is 0 Å². The second-order valence-electron chi connectivity index (χ2n) is 11.4. The fourth-order valence-electron chi connectivity index (χ4n) is 6.24. The van der Waals surface area contributed by atoms with Gasteiger partial charge in [-0.25, -0.2) is 0 Å². The van der Waals surface area contributed by atoms with Crippen molar-refractivity contribution in [3.05, 3.63) is 126 Å². The Bertz CT molecular complexity index is 1820. The van der Waals surface area contributed by atoms with Gasteiger partial charge in [0.1, 0.15) is 6.17 Å². The summed E-state index contributed by atoms with van der Waals surface area (Å²) in [5.41, 5.74) is 10.4. The first kappa shape index (κ1) is 24.9. The fourth-order valence-corrected chi connectivity index (χ4v) is 7.48. The molecule has 198 valence electrons. The molecule has 0 radical (unpaired) electrons. The summed E-state index contributed by atoms with van der Waals surface area (Å²) in [5, 5.41) is 6.62. The predicted octanol–water partition coefficient (Wildman–Crippen LogP) is 11.2. The molecule has 0 aliphatic carbocycles. The van der Waals surface area contributed by atoms with Gasteiger partial charge >= 0.3 is 0 Å². The maximum absolute atomic E-state index is 3.95. The van der Waals surface area contributed by atoms with E-state index >= 15 is 0 Å². The van der Waals surface area contributed by atoms with E-state index in [2.05, 4.69) is 147 Å². The van der Waals surface area contributed by atoms with Gasteiger partial charge in [0.05, 0.1) is 17.1 Å². The number of hydrogen-bond donors (Lipinski definition) is 1. The van der Waals surface area contributed by atoms with Crippen LogP contribution in [0.15, 0.2) is 109 Å². The quantitative estimate of drug-likeness (QED) is 0.235. The van der Waals surface area contributed by atoms with Crippen LogP contribution in [-0.4, -0.2) is 0 Å². The minimum atomic E-state index is -0.00765. The first-order chi connectivity index (χ1) is 19.5. The number of rotatable bonds is 5. The molecule has 1 atom stereocenters.